The Balaban J connectivity index is 1.69. The van der Waals surface area contributed by atoms with Crippen LogP contribution in [0.15, 0.2) is 24.5 Å². The number of pyridine rings is 2. The van der Waals surface area contributed by atoms with Crippen molar-refractivity contribution in [3.8, 4) is 0 Å². The number of carbonyl (C=O) groups is 2. The summed E-state index contributed by atoms with van der Waals surface area (Å²) in [6, 6.07) is 3.34. The van der Waals surface area contributed by atoms with Crippen LogP contribution in [0.2, 0.25) is 0 Å². The number of aromatic carboxylic acids is 1. The molecule has 3 aromatic heterocycles. The molecule has 10 heteroatoms. The summed E-state index contributed by atoms with van der Waals surface area (Å²) in [5, 5.41) is 14.9. The van der Waals surface area contributed by atoms with Crippen LogP contribution in [0.25, 0.3) is 11.0 Å². The highest BCUT2D eigenvalue weighted by Crippen LogP contribution is 2.33. The van der Waals surface area contributed by atoms with Gasteiger partial charge in [-0.25, -0.2) is 14.8 Å². The lowest BCUT2D eigenvalue weighted by molar-refractivity contribution is 0.0697. The SMILES string of the molecule is Cc1nn(C)c2ncc(C(=O)O)c(N3CCN(c4ncccc4C(N)=O)CC3)c12. The van der Waals surface area contributed by atoms with Crippen LogP contribution < -0.4 is 15.5 Å². The molecule has 0 spiro atoms. The zero-order valence-electron chi connectivity index (χ0n) is 16.2. The van der Waals surface area contributed by atoms with E-state index in [0.29, 0.717) is 48.9 Å². The topological polar surface area (TPSA) is 130 Å². The zero-order valence-corrected chi connectivity index (χ0v) is 16.2. The summed E-state index contributed by atoms with van der Waals surface area (Å²) in [5.41, 5.74) is 8.01. The third kappa shape index (κ3) is 3.12. The standard InChI is InChI=1S/C19H21N7O3/c1-11-14-15(13(19(28)29)10-22-18(14)24(2)23-11)25-6-8-26(9-7-25)17-12(16(20)27)4-3-5-21-17/h3-5,10H,6-9H2,1-2H3,(H2,20,27)(H,28,29). The van der Waals surface area contributed by atoms with E-state index in [0.717, 1.165) is 11.1 Å². The van der Waals surface area contributed by atoms with Crippen molar-refractivity contribution in [1.29, 1.82) is 0 Å². The highest BCUT2D eigenvalue weighted by molar-refractivity contribution is 6.05. The molecular formula is C19H21N7O3. The van der Waals surface area contributed by atoms with E-state index in [1.54, 1.807) is 30.1 Å². The van der Waals surface area contributed by atoms with E-state index < -0.39 is 11.9 Å². The monoisotopic (exact) mass is 395 g/mol. The fourth-order valence-electron chi connectivity index (χ4n) is 3.86. The van der Waals surface area contributed by atoms with Gasteiger partial charge in [0.05, 0.1) is 22.3 Å². The Morgan fingerprint density at radius 1 is 1.10 bits per heavy atom. The number of nitrogens with zero attached hydrogens (tertiary/aromatic N) is 6. The molecule has 4 heterocycles. The maximum absolute atomic E-state index is 11.9. The highest BCUT2D eigenvalue weighted by atomic mass is 16.4. The van der Waals surface area contributed by atoms with Crippen LogP contribution >= 0.6 is 0 Å². The van der Waals surface area contributed by atoms with Crippen molar-refractivity contribution in [2.45, 2.75) is 6.92 Å². The maximum atomic E-state index is 11.9. The molecule has 0 radical (unpaired) electrons. The molecule has 0 unspecified atom stereocenters. The van der Waals surface area contributed by atoms with Gasteiger partial charge in [0.25, 0.3) is 5.91 Å². The Bertz CT molecular complexity index is 1120. The summed E-state index contributed by atoms with van der Waals surface area (Å²) in [4.78, 5) is 36.2. The van der Waals surface area contributed by atoms with Gasteiger partial charge >= 0.3 is 5.97 Å². The molecule has 1 aliphatic rings. The van der Waals surface area contributed by atoms with Gasteiger partial charge in [-0.3, -0.25) is 9.48 Å². The number of aromatic nitrogens is 4. The molecule has 0 aromatic carbocycles. The van der Waals surface area contributed by atoms with Gasteiger partial charge < -0.3 is 20.6 Å². The molecule has 1 aliphatic heterocycles. The zero-order chi connectivity index (χ0) is 20.7. The Labute approximate surface area is 166 Å². The lowest BCUT2D eigenvalue weighted by Gasteiger charge is -2.37. The molecule has 0 atom stereocenters. The van der Waals surface area contributed by atoms with Crippen LogP contribution in [0, 0.1) is 6.92 Å². The number of hydrogen-bond acceptors (Lipinski definition) is 7. The summed E-state index contributed by atoms with van der Waals surface area (Å²) < 4.78 is 1.66. The van der Waals surface area contributed by atoms with Crippen molar-refractivity contribution in [3.63, 3.8) is 0 Å². The van der Waals surface area contributed by atoms with E-state index in [1.165, 1.54) is 6.20 Å². The Hall–Kier alpha value is -3.69. The summed E-state index contributed by atoms with van der Waals surface area (Å²) in [5.74, 6) is -0.998. The number of anilines is 2. The predicted octanol–water partition coefficient (Wildman–Crippen LogP) is 0.795. The van der Waals surface area contributed by atoms with E-state index in [4.69, 9.17) is 5.73 Å². The summed E-state index contributed by atoms with van der Waals surface area (Å²) in [6.45, 7) is 4.10. The van der Waals surface area contributed by atoms with Gasteiger partial charge in [0.1, 0.15) is 11.4 Å². The van der Waals surface area contributed by atoms with Crippen LogP contribution in [-0.4, -0.2) is 62.9 Å². The predicted molar refractivity (Wildman–Crippen MR) is 107 cm³/mol. The van der Waals surface area contributed by atoms with Crippen LogP contribution in [0.4, 0.5) is 11.5 Å². The number of carboxylic acids is 1. The molecule has 0 saturated carbocycles. The molecule has 4 rings (SSSR count). The van der Waals surface area contributed by atoms with Crippen molar-refractivity contribution in [3.05, 3.63) is 41.3 Å². The van der Waals surface area contributed by atoms with Crippen molar-refractivity contribution in [2.24, 2.45) is 12.8 Å². The smallest absolute Gasteiger partial charge is 0.339 e. The molecule has 3 N–H and O–H groups in total. The number of carbonyl (C=O) groups excluding carboxylic acids is 1. The largest absolute Gasteiger partial charge is 0.478 e. The third-order valence-electron chi connectivity index (χ3n) is 5.18. The Morgan fingerprint density at radius 2 is 1.79 bits per heavy atom. The van der Waals surface area contributed by atoms with E-state index in [2.05, 4.69) is 15.1 Å². The minimum absolute atomic E-state index is 0.151. The van der Waals surface area contributed by atoms with E-state index in [-0.39, 0.29) is 5.56 Å². The fourth-order valence-corrected chi connectivity index (χ4v) is 3.86. The van der Waals surface area contributed by atoms with Gasteiger partial charge in [0.2, 0.25) is 0 Å². The molecule has 29 heavy (non-hydrogen) atoms. The minimum Gasteiger partial charge on any atom is -0.478 e. The molecule has 1 amide bonds. The number of nitrogens with two attached hydrogens (primary N) is 1. The first-order valence-corrected chi connectivity index (χ1v) is 9.18. The first-order valence-electron chi connectivity index (χ1n) is 9.18. The number of hydrogen-bond donors (Lipinski definition) is 2. The van der Waals surface area contributed by atoms with Gasteiger partial charge in [-0.15, -0.1) is 0 Å². The number of fused-ring (bicyclic) bond motifs is 1. The summed E-state index contributed by atoms with van der Waals surface area (Å²) >= 11 is 0. The molecule has 1 fully saturated rings. The lowest BCUT2D eigenvalue weighted by Crippen LogP contribution is -2.48. The average Bonchev–Trinajstić information content (AvgIpc) is 3.01. The van der Waals surface area contributed by atoms with Crippen LogP contribution in [-0.2, 0) is 7.05 Å². The van der Waals surface area contributed by atoms with Crippen LogP contribution in [0.3, 0.4) is 0 Å². The number of rotatable bonds is 4. The van der Waals surface area contributed by atoms with Gasteiger partial charge in [-0.2, -0.15) is 5.10 Å². The van der Waals surface area contributed by atoms with Gasteiger partial charge in [-0.1, -0.05) is 0 Å². The summed E-state index contributed by atoms with van der Waals surface area (Å²) in [6.07, 6.45) is 3.01. The van der Waals surface area contributed by atoms with E-state index in [1.807, 2.05) is 16.7 Å². The first-order chi connectivity index (χ1) is 13.9. The molecule has 10 nitrogen and oxygen atoms in total. The number of primary amides is 1. The molecule has 150 valence electrons. The molecular weight excluding hydrogens is 374 g/mol. The fraction of sp³-hybridized carbons (Fsp3) is 0.316. The van der Waals surface area contributed by atoms with E-state index in [9.17, 15) is 14.7 Å². The second kappa shape index (κ2) is 7.04. The quantitative estimate of drug-likeness (QED) is 0.663. The molecule has 3 aromatic rings. The van der Waals surface area contributed by atoms with Crippen molar-refractivity contribution in [2.75, 3.05) is 36.0 Å². The first kappa shape index (κ1) is 18.7. The average molecular weight is 395 g/mol. The number of piperazine rings is 1. The summed E-state index contributed by atoms with van der Waals surface area (Å²) in [7, 11) is 1.79. The molecule has 0 aliphatic carbocycles. The van der Waals surface area contributed by atoms with Crippen molar-refractivity contribution in [1.82, 2.24) is 19.7 Å². The van der Waals surface area contributed by atoms with Crippen LogP contribution in [0.1, 0.15) is 26.4 Å². The van der Waals surface area contributed by atoms with Gasteiger partial charge in [0.15, 0.2) is 5.65 Å². The number of amides is 1. The highest BCUT2D eigenvalue weighted by Gasteiger charge is 2.28. The van der Waals surface area contributed by atoms with Gasteiger partial charge in [0, 0.05) is 45.6 Å². The number of aryl methyl sites for hydroxylation is 2. The normalized spacial score (nSPS) is 14.4. The van der Waals surface area contributed by atoms with Crippen molar-refractivity contribution >= 4 is 34.4 Å². The van der Waals surface area contributed by atoms with Crippen molar-refractivity contribution < 1.29 is 14.7 Å². The second-order valence-electron chi connectivity index (χ2n) is 6.95. The lowest BCUT2D eigenvalue weighted by atomic mass is 10.1. The second-order valence-corrected chi connectivity index (χ2v) is 6.95. The Morgan fingerprint density at radius 3 is 2.45 bits per heavy atom. The number of carboxylic acid groups (broad SMARTS) is 1. The van der Waals surface area contributed by atoms with E-state index >= 15 is 0 Å². The molecule has 0 bridgehead atoms. The maximum Gasteiger partial charge on any atom is 0.339 e. The minimum atomic E-state index is -1.03. The van der Waals surface area contributed by atoms with Gasteiger partial charge in [-0.05, 0) is 19.1 Å². The van der Waals surface area contributed by atoms with Crippen LogP contribution in [0.5, 0.6) is 0 Å². The Kier molecular flexibility index (Phi) is 4.53. The molecule has 1 saturated heterocycles. The third-order valence-corrected chi connectivity index (χ3v) is 5.18.